The van der Waals surface area contributed by atoms with Gasteiger partial charge in [0, 0.05) is 21.9 Å². The minimum atomic E-state index is -0.434. The molecule has 1 heterocycles. The molecule has 0 spiro atoms. The van der Waals surface area contributed by atoms with Crippen LogP contribution < -0.4 is 5.32 Å². The summed E-state index contributed by atoms with van der Waals surface area (Å²) in [6.45, 7) is 0. The first-order valence-electron chi connectivity index (χ1n) is 7.00. The fourth-order valence-electron chi connectivity index (χ4n) is 2.04. The van der Waals surface area contributed by atoms with Crippen LogP contribution in [-0.4, -0.2) is 10.8 Å². The molecule has 1 amide bonds. The Bertz CT molecular complexity index is 862. The number of nitrogens with one attached hydrogen (secondary N) is 1. The van der Waals surface area contributed by atoms with E-state index >= 15 is 0 Å². The number of hydrogen-bond acceptors (Lipinski definition) is 5. The van der Waals surface area contributed by atoms with Crippen LogP contribution in [0.1, 0.15) is 10.4 Å². The van der Waals surface area contributed by atoms with E-state index in [0.717, 1.165) is 14.8 Å². The molecule has 0 unspecified atom stereocenters. The summed E-state index contributed by atoms with van der Waals surface area (Å²) in [4.78, 5) is 24.4. The van der Waals surface area contributed by atoms with E-state index < -0.39 is 4.92 Å². The quantitative estimate of drug-likeness (QED) is 0.512. The number of carbonyl (C=O) groups excluding carboxylic acids is 1. The van der Waals surface area contributed by atoms with E-state index in [2.05, 4.69) is 5.32 Å². The second-order valence-corrected chi connectivity index (χ2v) is 6.84. The number of amides is 1. The maximum Gasteiger partial charge on any atom is 0.269 e. The highest BCUT2D eigenvalue weighted by Crippen LogP contribution is 2.32. The van der Waals surface area contributed by atoms with Crippen molar-refractivity contribution in [3.05, 3.63) is 81.7 Å². The third-order valence-electron chi connectivity index (χ3n) is 3.16. The van der Waals surface area contributed by atoms with Crippen molar-refractivity contribution in [2.75, 3.05) is 5.32 Å². The first-order chi connectivity index (χ1) is 11.6. The van der Waals surface area contributed by atoms with Crippen LogP contribution in [0.3, 0.4) is 0 Å². The molecule has 24 heavy (non-hydrogen) atoms. The molecule has 0 saturated carbocycles. The summed E-state index contributed by atoms with van der Waals surface area (Å²) in [6.07, 6.45) is 0. The molecule has 1 N–H and O–H groups in total. The van der Waals surface area contributed by atoms with Gasteiger partial charge in [-0.3, -0.25) is 14.9 Å². The van der Waals surface area contributed by atoms with Crippen LogP contribution in [0.2, 0.25) is 0 Å². The number of nitrogens with zero attached hydrogens (tertiary/aromatic N) is 1. The van der Waals surface area contributed by atoms with Gasteiger partial charge >= 0.3 is 0 Å². The van der Waals surface area contributed by atoms with Gasteiger partial charge in [-0.15, -0.1) is 11.3 Å². The topological polar surface area (TPSA) is 72.2 Å². The Kier molecular flexibility index (Phi) is 4.93. The minimum absolute atomic E-state index is 0.0445. The van der Waals surface area contributed by atoms with Crippen LogP contribution in [0.4, 0.5) is 10.7 Å². The van der Waals surface area contributed by atoms with E-state index in [9.17, 15) is 14.9 Å². The molecule has 2 aromatic carbocycles. The van der Waals surface area contributed by atoms with Crippen LogP contribution in [-0.2, 0) is 0 Å². The van der Waals surface area contributed by atoms with Crippen LogP contribution in [0.5, 0.6) is 0 Å². The number of nitro groups is 1. The number of anilines is 1. The first kappa shape index (κ1) is 16.2. The van der Waals surface area contributed by atoms with Crippen molar-refractivity contribution in [1.29, 1.82) is 0 Å². The lowest BCUT2D eigenvalue weighted by Crippen LogP contribution is -2.11. The molecule has 120 valence electrons. The van der Waals surface area contributed by atoms with Crippen molar-refractivity contribution in [3.8, 4) is 0 Å². The third kappa shape index (κ3) is 3.81. The first-order valence-corrected chi connectivity index (χ1v) is 8.69. The fourth-order valence-corrected chi connectivity index (χ4v) is 3.59. The number of hydrogen-bond donors (Lipinski definition) is 1. The molecule has 0 fully saturated rings. The predicted octanol–water partition coefficient (Wildman–Crippen LogP) is 5.06. The highest BCUT2D eigenvalue weighted by Gasteiger charge is 2.13. The predicted molar refractivity (Wildman–Crippen MR) is 95.9 cm³/mol. The van der Waals surface area contributed by atoms with Gasteiger partial charge in [0.15, 0.2) is 0 Å². The highest BCUT2D eigenvalue weighted by atomic mass is 32.2. The second-order valence-electron chi connectivity index (χ2n) is 4.78. The lowest BCUT2D eigenvalue weighted by atomic mass is 10.2. The van der Waals surface area contributed by atoms with E-state index in [0.29, 0.717) is 5.56 Å². The second kappa shape index (κ2) is 7.29. The van der Waals surface area contributed by atoms with E-state index in [-0.39, 0.29) is 11.6 Å². The molecule has 0 bridgehead atoms. The Morgan fingerprint density at radius 1 is 1.04 bits per heavy atom. The van der Waals surface area contributed by atoms with Gasteiger partial charge in [0.25, 0.3) is 11.6 Å². The lowest BCUT2D eigenvalue weighted by Gasteiger charge is -2.09. The summed E-state index contributed by atoms with van der Waals surface area (Å²) in [5, 5.41) is 16.3. The van der Waals surface area contributed by atoms with Crippen molar-refractivity contribution < 1.29 is 9.72 Å². The normalized spacial score (nSPS) is 10.3. The average Bonchev–Trinajstić information content (AvgIpc) is 3.09. The van der Waals surface area contributed by atoms with Gasteiger partial charge < -0.3 is 5.32 Å². The third-order valence-corrected chi connectivity index (χ3v) is 5.03. The largest absolute Gasteiger partial charge is 0.314 e. The molecule has 0 atom stereocenters. The van der Waals surface area contributed by atoms with Crippen LogP contribution in [0.15, 0.2) is 75.8 Å². The molecule has 0 aliphatic rings. The number of non-ortho nitro benzene ring substituents is 1. The standard InChI is InChI=1S/C17H12N2O3S2/c20-17(18-16-6-3-11-23-16)14-4-1-2-5-15(14)24-13-9-7-12(8-10-13)19(21)22/h1-11H,(H,18,20). The monoisotopic (exact) mass is 356 g/mol. The van der Waals surface area contributed by atoms with E-state index in [1.54, 1.807) is 18.2 Å². The van der Waals surface area contributed by atoms with Gasteiger partial charge in [-0.25, -0.2) is 0 Å². The smallest absolute Gasteiger partial charge is 0.269 e. The summed E-state index contributed by atoms with van der Waals surface area (Å²) < 4.78 is 0. The molecule has 3 aromatic rings. The van der Waals surface area contributed by atoms with E-state index in [1.165, 1.54) is 35.2 Å². The molecule has 0 aliphatic heterocycles. The summed E-state index contributed by atoms with van der Waals surface area (Å²) in [7, 11) is 0. The Morgan fingerprint density at radius 3 is 2.46 bits per heavy atom. The van der Waals surface area contributed by atoms with Gasteiger partial charge in [0.2, 0.25) is 0 Å². The number of nitro benzene ring substituents is 1. The molecular formula is C17H12N2O3S2. The maximum absolute atomic E-state index is 12.5. The van der Waals surface area contributed by atoms with Gasteiger partial charge in [-0.1, -0.05) is 23.9 Å². The molecule has 1 aromatic heterocycles. The number of benzene rings is 2. The summed E-state index contributed by atoms with van der Waals surface area (Å²) in [5.74, 6) is -0.178. The van der Waals surface area contributed by atoms with E-state index in [4.69, 9.17) is 0 Å². The van der Waals surface area contributed by atoms with Crippen molar-refractivity contribution >= 4 is 39.7 Å². The Hall–Kier alpha value is -2.64. The number of rotatable bonds is 5. The SMILES string of the molecule is O=C(Nc1cccs1)c1ccccc1Sc1ccc([N+](=O)[O-])cc1. The fraction of sp³-hybridized carbons (Fsp3) is 0. The van der Waals surface area contributed by atoms with Crippen molar-refractivity contribution in [2.24, 2.45) is 0 Å². The van der Waals surface area contributed by atoms with Crippen LogP contribution in [0.25, 0.3) is 0 Å². The van der Waals surface area contributed by atoms with Crippen LogP contribution >= 0.6 is 23.1 Å². The number of thiophene rings is 1. The molecule has 0 radical (unpaired) electrons. The molecule has 3 rings (SSSR count). The molecule has 7 heteroatoms. The Balaban J connectivity index is 1.81. The lowest BCUT2D eigenvalue weighted by molar-refractivity contribution is -0.384. The average molecular weight is 356 g/mol. The van der Waals surface area contributed by atoms with Gasteiger partial charge in [0.05, 0.1) is 15.5 Å². The zero-order valence-electron chi connectivity index (χ0n) is 12.3. The maximum atomic E-state index is 12.5. The highest BCUT2D eigenvalue weighted by molar-refractivity contribution is 7.99. The Labute approximate surface area is 146 Å². The van der Waals surface area contributed by atoms with Crippen molar-refractivity contribution in [3.63, 3.8) is 0 Å². The van der Waals surface area contributed by atoms with Gasteiger partial charge in [0.1, 0.15) is 0 Å². The zero-order chi connectivity index (χ0) is 16.9. The minimum Gasteiger partial charge on any atom is -0.314 e. The molecular weight excluding hydrogens is 344 g/mol. The number of carbonyl (C=O) groups is 1. The van der Waals surface area contributed by atoms with Crippen molar-refractivity contribution in [2.45, 2.75) is 9.79 Å². The molecule has 0 saturated heterocycles. The van der Waals surface area contributed by atoms with Gasteiger partial charge in [-0.05, 0) is 41.8 Å². The van der Waals surface area contributed by atoms with E-state index in [1.807, 2.05) is 35.7 Å². The van der Waals surface area contributed by atoms with Crippen LogP contribution in [0, 0.1) is 10.1 Å². The van der Waals surface area contributed by atoms with Gasteiger partial charge in [-0.2, -0.15) is 0 Å². The zero-order valence-corrected chi connectivity index (χ0v) is 14.0. The summed E-state index contributed by atoms with van der Waals surface area (Å²) in [5.41, 5.74) is 0.609. The Morgan fingerprint density at radius 2 is 1.79 bits per heavy atom. The van der Waals surface area contributed by atoms with Crippen molar-refractivity contribution in [1.82, 2.24) is 0 Å². The molecule has 0 aliphatic carbocycles. The summed E-state index contributed by atoms with van der Waals surface area (Å²) in [6, 6.07) is 17.3. The molecule has 5 nitrogen and oxygen atoms in total. The summed E-state index contributed by atoms with van der Waals surface area (Å²) >= 11 is 2.85.